The first-order valence-electron chi connectivity index (χ1n) is 5.53. The quantitative estimate of drug-likeness (QED) is 0.854. The minimum Gasteiger partial charge on any atom is -0.508 e. The van der Waals surface area contributed by atoms with Gasteiger partial charge in [-0.3, -0.25) is 0 Å². The fraction of sp³-hybridized carbons (Fsp3) is 0.143. The molecule has 2 aromatic rings. The highest BCUT2D eigenvalue weighted by Gasteiger charge is 2.04. The molecule has 0 aliphatic carbocycles. The largest absolute Gasteiger partial charge is 0.508 e. The van der Waals surface area contributed by atoms with E-state index in [-0.39, 0.29) is 0 Å². The molecule has 0 atom stereocenters. The molecular weight excluding hydrogens is 314 g/mol. The van der Waals surface area contributed by atoms with Crippen molar-refractivity contribution in [2.45, 2.75) is 13.5 Å². The van der Waals surface area contributed by atoms with Crippen molar-refractivity contribution in [1.82, 2.24) is 0 Å². The van der Waals surface area contributed by atoms with E-state index in [1.807, 2.05) is 37.3 Å². The Labute approximate surface area is 120 Å². The zero-order valence-electron chi connectivity index (χ0n) is 9.87. The van der Waals surface area contributed by atoms with E-state index in [2.05, 4.69) is 21.2 Å². The van der Waals surface area contributed by atoms with Crippen molar-refractivity contribution in [3.8, 4) is 5.75 Å². The van der Waals surface area contributed by atoms with Crippen LogP contribution in [-0.2, 0) is 6.54 Å². The number of aromatic hydroxyl groups is 1. The summed E-state index contributed by atoms with van der Waals surface area (Å²) in [6, 6.07) is 11.2. The number of nitrogens with one attached hydrogen (secondary N) is 1. The molecule has 94 valence electrons. The van der Waals surface area contributed by atoms with Crippen LogP contribution in [-0.4, -0.2) is 5.11 Å². The molecule has 0 unspecified atom stereocenters. The van der Waals surface area contributed by atoms with Crippen LogP contribution in [0.15, 0.2) is 40.9 Å². The fourth-order valence-corrected chi connectivity index (χ4v) is 2.42. The molecule has 2 nitrogen and oxygen atoms in total. The standard InChI is InChI=1S/C14H13BrClNO/c1-9-2-5-14(18)10(6-9)8-17-13-4-3-11(15)7-12(13)16/h2-7,17-18H,8H2,1H3. The first-order valence-corrected chi connectivity index (χ1v) is 6.71. The second-order valence-electron chi connectivity index (χ2n) is 4.11. The summed E-state index contributed by atoms with van der Waals surface area (Å²) in [6.45, 7) is 2.53. The second kappa shape index (κ2) is 5.63. The van der Waals surface area contributed by atoms with Crippen molar-refractivity contribution < 1.29 is 5.11 Å². The number of hydrogen-bond donors (Lipinski definition) is 2. The molecule has 2 rings (SSSR count). The highest BCUT2D eigenvalue weighted by Crippen LogP contribution is 2.27. The van der Waals surface area contributed by atoms with Gasteiger partial charge in [-0.05, 0) is 31.2 Å². The van der Waals surface area contributed by atoms with Crippen LogP contribution in [0.5, 0.6) is 5.75 Å². The Bertz CT molecular complexity index is 572. The van der Waals surface area contributed by atoms with Crippen LogP contribution in [0.3, 0.4) is 0 Å². The molecule has 2 aromatic carbocycles. The van der Waals surface area contributed by atoms with Gasteiger partial charge >= 0.3 is 0 Å². The van der Waals surface area contributed by atoms with E-state index in [4.69, 9.17) is 11.6 Å². The molecule has 2 N–H and O–H groups in total. The van der Waals surface area contributed by atoms with Gasteiger partial charge in [0, 0.05) is 16.6 Å². The monoisotopic (exact) mass is 325 g/mol. The van der Waals surface area contributed by atoms with Gasteiger partial charge in [-0.25, -0.2) is 0 Å². The van der Waals surface area contributed by atoms with Crippen molar-refractivity contribution >= 4 is 33.2 Å². The number of halogens is 2. The van der Waals surface area contributed by atoms with Crippen LogP contribution >= 0.6 is 27.5 Å². The summed E-state index contributed by atoms with van der Waals surface area (Å²) in [6.07, 6.45) is 0. The lowest BCUT2D eigenvalue weighted by molar-refractivity contribution is 0.469. The molecule has 0 fully saturated rings. The van der Waals surface area contributed by atoms with Gasteiger partial charge in [-0.15, -0.1) is 0 Å². The molecule has 0 aromatic heterocycles. The van der Waals surface area contributed by atoms with E-state index in [1.165, 1.54) is 0 Å². The van der Waals surface area contributed by atoms with Crippen molar-refractivity contribution in [1.29, 1.82) is 0 Å². The Morgan fingerprint density at radius 1 is 1.22 bits per heavy atom. The first-order chi connectivity index (χ1) is 8.56. The Morgan fingerprint density at radius 3 is 2.72 bits per heavy atom. The third-order valence-corrected chi connectivity index (χ3v) is 3.44. The minimum absolute atomic E-state index is 0.293. The number of phenolic OH excluding ortho intramolecular Hbond substituents is 1. The maximum absolute atomic E-state index is 9.75. The average molecular weight is 327 g/mol. The average Bonchev–Trinajstić information content (AvgIpc) is 2.32. The summed E-state index contributed by atoms with van der Waals surface area (Å²) in [5.41, 5.74) is 2.82. The summed E-state index contributed by atoms with van der Waals surface area (Å²) in [5.74, 6) is 0.293. The van der Waals surface area contributed by atoms with Gasteiger partial charge in [0.2, 0.25) is 0 Å². The summed E-state index contributed by atoms with van der Waals surface area (Å²) < 4.78 is 0.941. The molecule has 0 radical (unpaired) electrons. The molecule has 0 amide bonds. The number of phenols is 1. The van der Waals surface area contributed by atoms with Crippen LogP contribution in [0.4, 0.5) is 5.69 Å². The Balaban J connectivity index is 2.13. The molecule has 18 heavy (non-hydrogen) atoms. The lowest BCUT2D eigenvalue weighted by Gasteiger charge is -2.10. The summed E-state index contributed by atoms with van der Waals surface area (Å²) >= 11 is 9.47. The Hall–Kier alpha value is -1.19. The van der Waals surface area contributed by atoms with Gasteiger partial charge in [-0.2, -0.15) is 0 Å². The van der Waals surface area contributed by atoms with Crippen molar-refractivity contribution in [2.75, 3.05) is 5.32 Å². The number of rotatable bonds is 3. The highest BCUT2D eigenvalue weighted by atomic mass is 79.9. The lowest BCUT2D eigenvalue weighted by Crippen LogP contribution is -2.00. The zero-order valence-corrected chi connectivity index (χ0v) is 12.2. The second-order valence-corrected chi connectivity index (χ2v) is 5.43. The molecule has 0 bridgehead atoms. The lowest BCUT2D eigenvalue weighted by atomic mass is 10.1. The predicted molar refractivity (Wildman–Crippen MR) is 79.3 cm³/mol. The van der Waals surface area contributed by atoms with Gasteiger partial charge in [0.25, 0.3) is 0 Å². The number of benzene rings is 2. The molecule has 0 aliphatic heterocycles. The van der Waals surface area contributed by atoms with Crippen LogP contribution in [0.1, 0.15) is 11.1 Å². The van der Waals surface area contributed by atoms with Gasteiger partial charge in [-0.1, -0.05) is 45.2 Å². The summed E-state index contributed by atoms with van der Waals surface area (Å²) in [4.78, 5) is 0. The summed E-state index contributed by atoms with van der Waals surface area (Å²) in [5, 5.41) is 13.6. The molecule has 0 saturated heterocycles. The van der Waals surface area contributed by atoms with Crippen LogP contribution in [0.25, 0.3) is 0 Å². The summed E-state index contributed by atoms with van der Waals surface area (Å²) in [7, 11) is 0. The predicted octanol–water partition coefficient (Wildman–Crippen LogP) is 4.73. The third-order valence-electron chi connectivity index (χ3n) is 2.64. The number of anilines is 1. The maximum atomic E-state index is 9.75. The Morgan fingerprint density at radius 2 is 2.00 bits per heavy atom. The molecule has 0 spiro atoms. The normalized spacial score (nSPS) is 10.4. The van der Waals surface area contributed by atoms with E-state index >= 15 is 0 Å². The smallest absolute Gasteiger partial charge is 0.120 e. The minimum atomic E-state index is 0.293. The van der Waals surface area contributed by atoms with Gasteiger partial charge in [0.1, 0.15) is 5.75 Å². The van der Waals surface area contributed by atoms with Gasteiger partial charge < -0.3 is 10.4 Å². The number of aryl methyl sites for hydroxylation is 1. The SMILES string of the molecule is Cc1ccc(O)c(CNc2ccc(Br)cc2Cl)c1. The Kier molecular flexibility index (Phi) is 4.15. The van der Waals surface area contributed by atoms with E-state index in [0.29, 0.717) is 17.3 Å². The van der Waals surface area contributed by atoms with Gasteiger partial charge in [0.15, 0.2) is 0 Å². The van der Waals surface area contributed by atoms with Crippen LogP contribution in [0, 0.1) is 6.92 Å². The van der Waals surface area contributed by atoms with E-state index in [9.17, 15) is 5.11 Å². The topological polar surface area (TPSA) is 32.3 Å². The van der Waals surface area contributed by atoms with Crippen molar-refractivity contribution in [2.24, 2.45) is 0 Å². The van der Waals surface area contributed by atoms with Crippen LogP contribution in [0.2, 0.25) is 5.02 Å². The highest BCUT2D eigenvalue weighted by molar-refractivity contribution is 9.10. The molecule has 0 aliphatic rings. The molecule has 0 heterocycles. The van der Waals surface area contributed by atoms with Gasteiger partial charge in [0.05, 0.1) is 10.7 Å². The zero-order chi connectivity index (χ0) is 13.1. The van der Waals surface area contributed by atoms with Crippen molar-refractivity contribution in [3.63, 3.8) is 0 Å². The number of hydrogen-bond acceptors (Lipinski definition) is 2. The van der Waals surface area contributed by atoms with E-state index < -0.39 is 0 Å². The van der Waals surface area contributed by atoms with E-state index in [0.717, 1.165) is 21.3 Å². The first kappa shape index (κ1) is 13.2. The molecule has 4 heteroatoms. The molecule has 0 saturated carbocycles. The van der Waals surface area contributed by atoms with Crippen LogP contribution < -0.4 is 5.32 Å². The fourth-order valence-electron chi connectivity index (χ4n) is 1.68. The maximum Gasteiger partial charge on any atom is 0.120 e. The molecular formula is C14H13BrClNO. The van der Waals surface area contributed by atoms with E-state index in [1.54, 1.807) is 6.07 Å². The third kappa shape index (κ3) is 3.18. The van der Waals surface area contributed by atoms with Crippen molar-refractivity contribution in [3.05, 3.63) is 57.0 Å².